The zero-order valence-corrected chi connectivity index (χ0v) is 18.5. The number of nitrogens with zero attached hydrogens (tertiary/aromatic N) is 3. The van der Waals surface area contributed by atoms with Gasteiger partial charge in [0, 0.05) is 5.69 Å². The number of nitrogens with one attached hydrogen (secondary N) is 2. The van der Waals surface area contributed by atoms with E-state index < -0.39 is 29.9 Å². The summed E-state index contributed by atoms with van der Waals surface area (Å²) in [4.78, 5) is 39.3. The average molecular weight is 465 g/mol. The van der Waals surface area contributed by atoms with Crippen molar-refractivity contribution in [2.45, 2.75) is 38.7 Å². The van der Waals surface area contributed by atoms with Gasteiger partial charge in [-0.1, -0.05) is 31.1 Å². The Morgan fingerprint density at radius 1 is 1.06 bits per heavy atom. The molecule has 176 valence electrons. The number of aromatic nitrogens is 3. The Morgan fingerprint density at radius 3 is 2.38 bits per heavy atom. The van der Waals surface area contributed by atoms with Gasteiger partial charge in [0.25, 0.3) is 0 Å². The van der Waals surface area contributed by atoms with Crippen molar-refractivity contribution in [1.82, 2.24) is 15.2 Å². The van der Waals surface area contributed by atoms with E-state index in [9.17, 15) is 14.4 Å². The first-order valence-electron chi connectivity index (χ1n) is 10.7. The van der Waals surface area contributed by atoms with Crippen molar-refractivity contribution >= 4 is 35.2 Å². The van der Waals surface area contributed by atoms with Crippen molar-refractivity contribution in [3.63, 3.8) is 0 Å². The van der Waals surface area contributed by atoms with Crippen LogP contribution in [0, 0.1) is 5.92 Å². The molecule has 0 saturated heterocycles. The molecule has 1 saturated carbocycles. The summed E-state index contributed by atoms with van der Waals surface area (Å²) in [6.45, 7) is 4.21. The van der Waals surface area contributed by atoms with Gasteiger partial charge < -0.3 is 24.9 Å². The quantitative estimate of drug-likeness (QED) is 0.420. The number of amides is 1. The summed E-state index contributed by atoms with van der Waals surface area (Å²) >= 11 is 0. The normalized spacial score (nSPS) is 17.0. The van der Waals surface area contributed by atoms with Crippen LogP contribution in [0.2, 0.25) is 0 Å². The molecule has 0 radical (unpaired) electrons. The van der Waals surface area contributed by atoms with Crippen LogP contribution in [0.3, 0.4) is 0 Å². The SMILES string of the molecule is CC(C)c1ccc(Nc2nnc(C(=O)Nc3ccc(C(=O)OC4CC(C(=O)O)C4)nc3)o2)cc1. The Bertz CT molecular complexity index is 1180. The average Bonchev–Trinajstić information content (AvgIpc) is 3.25. The second-order valence-corrected chi connectivity index (χ2v) is 8.23. The van der Waals surface area contributed by atoms with Crippen LogP contribution in [0.15, 0.2) is 47.0 Å². The van der Waals surface area contributed by atoms with E-state index in [2.05, 4.69) is 39.7 Å². The van der Waals surface area contributed by atoms with E-state index >= 15 is 0 Å². The lowest BCUT2D eigenvalue weighted by Gasteiger charge is -2.31. The fourth-order valence-electron chi connectivity index (χ4n) is 3.29. The minimum Gasteiger partial charge on any atom is -0.481 e. The number of carbonyl (C=O) groups is 3. The molecule has 1 aromatic carbocycles. The van der Waals surface area contributed by atoms with Crippen LogP contribution in [0.4, 0.5) is 17.4 Å². The van der Waals surface area contributed by atoms with Gasteiger partial charge in [0.1, 0.15) is 11.8 Å². The van der Waals surface area contributed by atoms with Crippen LogP contribution in [0.1, 0.15) is 59.3 Å². The van der Waals surface area contributed by atoms with Gasteiger partial charge >= 0.3 is 29.8 Å². The number of hydrogen-bond donors (Lipinski definition) is 3. The number of pyridine rings is 1. The number of carboxylic acids is 1. The summed E-state index contributed by atoms with van der Waals surface area (Å²) in [7, 11) is 0. The fourth-order valence-corrected chi connectivity index (χ4v) is 3.29. The Kier molecular flexibility index (Phi) is 6.53. The zero-order chi connectivity index (χ0) is 24.2. The second-order valence-electron chi connectivity index (χ2n) is 8.23. The van der Waals surface area contributed by atoms with Crippen molar-refractivity contribution in [2.24, 2.45) is 5.92 Å². The van der Waals surface area contributed by atoms with Crippen LogP contribution < -0.4 is 10.6 Å². The molecule has 2 aromatic heterocycles. The zero-order valence-electron chi connectivity index (χ0n) is 18.5. The molecule has 1 amide bonds. The van der Waals surface area contributed by atoms with Gasteiger partial charge in [-0.25, -0.2) is 9.78 Å². The Balaban J connectivity index is 1.29. The molecule has 0 unspecified atom stereocenters. The Morgan fingerprint density at radius 2 is 1.76 bits per heavy atom. The standard InChI is InChI=1S/C23H23N5O6/c1-12(2)13-3-5-15(6-4-13)26-23-28-27-20(34-23)19(29)25-16-7-8-18(24-11-16)22(32)33-17-9-14(10-17)21(30)31/h3-8,11-12,14,17H,9-10H2,1-2H3,(H,25,29)(H,26,28)(H,30,31). The summed E-state index contributed by atoms with van der Waals surface area (Å²) in [5.74, 6) is -2.49. The van der Waals surface area contributed by atoms with Crippen molar-refractivity contribution in [2.75, 3.05) is 10.6 Å². The summed E-state index contributed by atoms with van der Waals surface area (Å²) in [5.41, 5.74) is 2.30. The van der Waals surface area contributed by atoms with E-state index in [1.807, 2.05) is 24.3 Å². The van der Waals surface area contributed by atoms with E-state index in [0.29, 0.717) is 24.4 Å². The van der Waals surface area contributed by atoms with E-state index in [4.69, 9.17) is 14.3 Å². The number of hydrogen-bond acceptors (Lipinski definition) is 9. The summed E-state index contributed by atoms with van der Waals surface area (Å²) < 4.78 is 10.6. The number of carbonyl (C=O) groups excluding carboxylic acids is 2. The van der Waals surface area contributed by atoms with Crippen LogP contribution in [0.25, 0.3) is 0 Å². The maximum atomic E-state index is 12.4. The Hall–Kier alpha value is -4.28. The lowest BCUT2D eigenvalue weighted by Crippen LogP contribution is -2.37. The van der Waals surface area contributed by atoms with Crippen LogP contribution in [-0.2, 0) is 9.53 Å². The van der Waals surface area contributed by atoms with E-state index in [-0.39, 0.29) is 17.6 Å². The van der Waals surface area contributed by atoms with E-state index in [0.717, 1.165) is 5.69 Å². The van der Waals surface area contributed by atoms with Crippen molar-refractivity contribution in [1.29, 1.82) is 0 Å². The second kappa shape index (κ2) is 9.69. The maximum Gasteiger partial charge on any atom is 0.357 e. The highest BCUT2D eigenvalue weighted by molar-refractivity contribution is 6.01. The minimum absolute atomic E-state index is 0.0459. The van der Waals surface area contributed by atoms with E-state index in [1.165, 1.54) is 23.9 Å². The van der Waals surface area contributed by atoms with E-state index in [1.54, 1.807) is 0 Å². The molecule has 4 rings (SSSR count). The number of aliphatic carboxylic acids is 1. The number of carboxylic acid groups (broad SMARTS) is 1. The molecule has 0 spiro atoms. The fraction of sp³-hybridized carbons (Fsp3) is 0.304. The highest BCUT2D eigenvalue weighted by Crippen LogP contribution is 2.30. The predicted octanol–water partition coefficient (Wildman–Crippen LogP) is 3.60. The molecule has 0 aliphatic heterocycles. The topological polar surface area (TPSA) is 157 Å². The molecule has 0 atom stereocenters. The molecule has 11 nitrogen and oxygen atoms in total. The molecule has 3 aromatic rings. The molecule has 3 N–H and O–H groups in total. The van der Waals surface area contributed by atoms with Gasteiger partial charge in [-0.2, -0.15) is 0 Å². The first-order chi connectivity index (χ1) is 16.3. The van der Waals surface area contributed by atoms with Crippen LogP contribution in [0.5, 0.6) is 0 Å². The van der Waals surface area contributed by atoms with Gasteiger partial charge in [-0.15, -0.1) is 5.10 Å². The molecule has 34 heavy (non-hydrogen) atoms. The summed E-state index contributed by atoms with van der Waals surface area (Å²) in [5, 5.41) is 21.9. The molecular formula is C23H23N5O6. The third-order valence-corrected chi connectivity index (χ3v) is 5.40. The molecule has 1 fully saturated rings. The van der Waals surface area contributed by atoms with Gasteiger partial charge in [-0.3, -0.25) is 9.59 Å². The predicted molar refractivity (Wildman–Crippen MR) is 120 cm³/mol. The molecule has 1 aliphatic rings. The third-order valence-electron chi connectivity index (χ3n) is 5.40. The van der Waals surface area contributed by atoms with Gasteiger partial charge in [-0.05, 0) is 48.6 Å². The van der Waals surface area contributed by atoms with Gasteiger partial charge in [0.2, 0.25) is 0 Å². The largest absolute Gasteiger partial charge is 0.481 e. The molecule has 2 heterocycles. The molecule has 0 bridgehead atoms. The van der Waals surface area contributed by atoms with Gasteiger partial charge in [0.05, 0.1) is 17.8 Å². The number of rotatable bonds is 8. The smallest absolute Gasteiger partial charge is 0.357 e. The Labute approximate surface area is 194 Å². The van der Waals surface area contributed by atoms with Gasteiger partial charge in [0.15, 0.2) is 0 Å². The summed E-state index contributed by atoms with van der Waals surface area (Å²) in [6.07, 6.45) is 1.45. The lowest BCUT2D eigenvalue weighted by molar-refractivity contribution is -0.149. The number of anilines is 3. The van der Waals surface area contributed by atoms with Crippen molar-refractivity contribution in [3.8, 4) is 0 Å². The third kappa shape index (κ3) is 5.37. The minimum atomic E-state index is -0.894. The van der Waals surface area contributed by atoms with Crippen LogP contribution >= 0.6 is 0 Å². The molecule has 1 aliphatic carbocycles. The number of benzene rings is 1. The highest BCUT2D eigenvalue weighted by atomic mass is 16.5. The first kappa shape index (κ1) is 22.9. The number of esters is 1. The molecule has 11 heteroatoms. The summed E-state index contributed by atoms with van der Waals surface area (Å²) in [6, 6.07) is 10.7. The lowest BCUT2D eigenvalue weighted by atomic mass is 9.82. The van der Waals surface area contributed by atoms with Crippen molar-refractivity contribution in [3.05, 3.63) is 59.7 Å². The first-order valence-corrected chi connectivity index (χ1v) is 10.7. The van der Waals surface area contributed by atoms with Crippen LogP contribution in [-0.4, -0.2) is 44.2 Å². The highest BCUT2D eigenvalue weighted by Gasteiger charge is 2.37. The monoisotopic (exact) mass is 465 g/mol. The maximum absolute atomic E-state index is 12.4. The number of ether oxygens (including phenoxy) is 1. The van der Waals surface area contributed by atoms with Crippen molar-refractivity contribution < 1.29 is 28.6 Å². The molecular weight excluding hydrogens is 442 g/mol.